The summed E-state index contributed by atoms with van der Waals surface area (Å²) in [5, 5.41) is 3.77. The van der Waals surface area contributed by atoms with E-state index >= 15 is 0 Å². The van der Waals surface area contributed by atoms with Crippen LogP contribution in [-0.4, -0.2) is 21.9 Å². The molecule has 9 heteroatoms. The number of carbonyl (C=O) groups is 2. The fourth-order valence-electron chi connectivity index (χ4n) is 2.92. The van der Waals surface area contributed by atoms with Crippen LogP contribution in [0.1, 0.15) is 20.9 Å². The third kappa shape index (κ3) is 4.71. The second-order valence-electron chi connectivity index (χ2n) is 6.42. The molecule has 4 aromatic rings. The van der Waals surface area contributed by atoms with Gasteiger partial charge in [0.1, 0.15) is 0 Å². The van der Waals surface area contributed by atoms with Gasteiger partial charge in [0.05, 0.1) is 23.0 Å². The van der Waals surface area contributed by atoms with Gasteiger partial charge in [-0.25, -0.2) is 4.98 Å². The Morgan fingerprint density at radius 2 is 1.71 bits per heavy atom. The molecule has 4 rings (SSSR count). The van der Waals surface area contributed by atoms with Crippen molar-refractivity contribution in [1.29, 1.82) is 0 Å². The maximum atomic E-state index is 13.0. The van der Waals surface area contributed by atoms with Crippen molar-refractivity contribution in [3.05, 3.63) is 89.3 Å². The van der Waals surface area contributed by atoms with Crippen molar-refractivity contribution >= 4 is 51.6 Å². The SMILES string of the molecule is O=C(NNC(=S)NC(=O)c1cc(-c2ccc(Cl)cc2)nc2ccccc12)c1ccco1. The highest BCUT2D eigenvalue weighted by Gasteiger charge is 2.16. The van der Waals surface area contributed by atoms with Gasteiger partial charge in [0.25, 0.3) is 5.91 Å². The van der Waals surface area contributed by atoms with E-state index in [4.69, 9.17) is 28.2 Å². The summed E-state index contributed by atoms with van der Waals surface area (Å²) in [6, 6.07) is 19.2. The zero-order chi connectivity index (χ0) is 21.8. The van der Waals surface area contributed by atoms with Crippen molar-refractivity contribution in [3.63, 3.8) is 0 Å². The number of pyridine rings is 1. The summed E-state index contributed by atoms with van der Waals surface area (Å²) in [6.45, 7) is 0. The molecule has 0 aliphatic heterocycles. The number of hydrazine groups is 1. The van der Waals surface area contributed by atoms with Crippen molar-refractivity contribution < 1.29 is 14.0 Å². The molecule has 0 saturated heterocycles. The third-order valence-corrected chi connectivity index (χ3v) is 4.82. The Morgan fingerprint density at radius 3 is 2.45 bits per heavy atom. The number of aromatic nitrogens is 1. The average Bonchev–Trinajstić information content (AvgIpc) is 3.32. The molecule has 3 N–H and O–H groups in total. The molecule has 0 radical (unpaired) electrons. The smallest absolute Gasteiger partial charge is 0.305 e. The number of benzene rings is 2. The summed E-state index contributed by atoms with van der Waals surface area (Å²) in [7, 11) is 0. The van der Waals surface area contributed by atoms with Gasteiger partial charge in [0, 0.05) is 16.0 Å². The second kappa shape index (κ2) is 8.95. The minimum Gasteiger partial charge on any atom is -0.459 e. The number of fused-ring (bicyclic) bond motifs is 1. The summed E-state index contributed by atoms with van der Waals surface area (Å²) >= 11 is 11.1. The van der Waals surface area contributed by atoms with E-state index in [-0.39, 0.29) is 10.9 Å². The zero-order valence-electron chi connectivity index (χ0n) is 15.9. The molecular weight excluding hydrogens is 436 g/mol. The Morgan fingerprint density at radius 1 is 0.935 bits per heavy atom. The average molecular weight is 451 g/mol. The highest BCUT2D eigenvalue weighted by atomic mass is 35.5. The minimum atomic E-state index is -0.527. The number of thiocarbonyl (C=S) groups is 1. The molecule has 7 nitrogen and oxygen atoms in total. The molecule has 2 amide bonds. The van der Waals surface area contributed by atoms with Gasteiger partial charge in [-0.3, -0.25) is 25.8 Å². The number of rotatable bonds is 3. The lowest BCUT2D eigenvalue weighted by molar-refractivity contribution is 0.0910. The van der Waals surface area contributed by atoms with Crippen molar-refractivity contribution in [1.82, 2.24) is 21.2 Å². The zero-order valence-corrected chi connectivity index (χ0v) is 17.5. The number of amides is 2. The fraction of sp³-hybridized carbons (Fsp3) is 0. The Hall–Kier alpha value is -3.75. The molecule has 154 valence electrons. The number of halogens is 1. The lowest BCUT2D eigenvalue weighted by Gasteiger charge is -2.12. The molecule has 0 unspecified atom stereocenters. The maximum absolute atomic E-state index is 13.0. The number of hydrogen-bond acceptors (Lipinski definition) is 5. The van der Waals surface area contributed by atoms with Crippen LogP contribution in [0.5, 0.6) is 0 Å². The van der Waals surface area contributed by atoms with Crippen LogP contribution in [-0.2, 0) is 0 Å². The third-order valence-electron chi connectivity index (χ3n) is 4.36. The predicted octanol–water partition coefficient (Wildman–Crippen LogP) is 4.10. The molecule has 0 aliphatic rings. The summed E-state index contributed by atoms with van der Waals surface area (Å²) in [4.78, 5) is 29.5. The van der Waals surface area contributed by atoms with E-state index in [2.05, 4.69) is 21.2 Å². The van der Waals surface area contributed by atoms with Gasteiger partial charge in [-0.2, -0.15) is 0 Å². The quantitative estimate of drug-likeness (QED) is 0.321. The normalized spacial score (nSPS) is 10.5. The van der Waals surface area contributed by atoms with Crippen molar-refractivity contribution in [2.75, 3.05) is 0 Å². The number of nitrogens with one attached hydrogen (secondary N) is 3. The van der Waals surface area contributed by atoms with Crippen molar-refractivity contribution in [2.45, 2.75) is 0 Å². The van der Waals surface area contributed by atoms with E-state index in [0.717, 1.165) is 5.56 Å². The van der Waals surface area contributed by atoms with Crippen LogP contribution in [0.4, 0.5) is 0 Å². The summed E-state index contributed by atoms with van der Waals surface area (Å²) in [6.07, 6.45) is 1.38. The van der Waals surface area contributed by atoms with Gasteiger partial charge in [-0.15, -0.1) is 0 Å². The Bertz CT molecular complexity index is 1270. The predicted molar refractivity (Wildman–Crippen MR) is 122 cm³/mol. The highest BCUT2D eigenvalue weighted by molar-refractivity contribution is 7.80. The number of hydrogen-bond donors (Lipinski definition) is 3. The molecule has 2 heterocycles. The van der Waals surface area contributed by atoms with Crippen LogP contribution in [0, 0.1) is 0 Å². The van der Waals surface area contributed by atoms with Crippen LogP contribution in [0.2, 0.25) is 5.02 Å². The maximum Gasteiger partial charge on any atom is 0.305 e. The number of carbonyl (C=O) groups excluding carboxylic acids is 2. The Kier molecular flexibility index (Phi) is 5.92. The lowest BCUT2D eigenvalue weighted by Crippen LogP contribution is -2.48. The monoisotopic (exact) mass is 450 g/mol. The first kappa shape index (κ1) is 20.5. The van der Waals surface area contributed by atoms with Crippen LogP contribution in [0.15, 0.2) is 77.4 Å². The van der Waals surface area contributed by atoms with Crippen LogP contribution >= 0.6 is 23.8 Å². The van der Waals surface area contributed by atoms with Crippen LogP contribution < -0.4 is 16.2 Å². The van der Waals surface area contributed by atoms with Gasteiger partial charge in [0.2, 0.25) is 0 Å². The molecule has 2 aromatic heterocycles. The molecule has 0 fully saturated rings. The molecule has 2 aromatic carbocycles. The first-order chi connectivity index (χ1) is 15.0. The molecule has 31 heavy (non-hydrogen) atoms. The first-order valence-corrected chi connectivity index (χ1v) is 9.91. The van der Waals surface area contributed by atoms with Crippen molar-refractivity contribution in [3.8, 4) is 11.3 Å². The molecule has 0 atom stereocenters. The van der Waals surface area contributed by atoms with Gasteiger partial charge < -0.3 is 4.42 Å². The summed E-state index contributed by atoms with van der Waals surface area (Å²) < 4.78 is 4.99. The van der Waals surface area contributed by atoms with E-state index in [1.54, 1.807) is 30.3 Å². The van der Waals surface area contributed by atoms with Gasteiger partial charge in [-0.05, 0) is 48.6 Å². The number of nitrogens with zero attached hydrogens (tertiary/aromatic N) is 1. The molecular formula is C22H15ClN4O3S. The van der Waals surface area contributed by atoms with E-state index in [0.29, 0.717) is 27.2 Å². The first-order valence-electron chi connectivity index (χ1n) is 9.12. The van der Waals surface area contributed by atoms with E-state index in [1.807, 2.05) is 30.3 Å². The van der Waals surface area contributed by atoms with Crippen molar-refractivity contribution in [2.24, 2.45) is 0 Å². The standard InChI is InChI=1S/C22H15ClN4O3S/c23-14-9-7-13(8-10-14)18-12-16(15-4-1-2-5-17(15)24-18)20(28)25-22(31)27-26-21(29)19-6-3-11-30-19/h1-12H,(H,26,29)(H2,25,27,28,31). The Balaban J connectivity index is 1.56. The minimum absolute atomic E-state index is 0.0705. The number of para-hydroxylation sites is 1. The van der Waals surface area contributed by atoms with E-state index in [1.165, 1.54) is 12.3 Å². The summed E-state index contributed by atoms with van der Waals surface area (Å²) in [5.74, 6) is -0.867. The molecule has 0 saturated carbocycles. The van der Waals surface area contributed by atoms with E-state index < -0.39 is 11.8 Å². The Labute approximate surface area is 187 Å². The summed E-state index contributed by atoms with van der Waals surface area (Å²) in [5.41, 5.74) is 7.31. The largest absolute Gasteiger partial charge is 0.459 e. The van der Waals surface area contributed by atoms with Gasteiger partial charge in [0.15, 0.2) is 10.9 Å². The van der Waals surface area contributed by atoms with Crippen LogP contribution in [0.25, 0.3) is 22.2 Å². The fourth-order valence-corrected chi connectivity index (χ4v) is 3.19. The van der Waals surface area contributed by atoms with Gasteiger partial charge >= 0.3 is 5.91 Å². The number of furan rings is 1. The van der Waals surface area contributed by atoms with E-state index in [9.17, 15) is 9.59 Å². The van der Waals surface area contributed by atoms with Gasteiger partial charge in [-0.1, -0.05) is 41.9 Å². The molecule has 0 spiro atoms. The van der Waals surface area contributed by atoms with Crippen LogP contribution in [0.3, 0.4) is 0 Å². The highest BCUT2D eigenvalue weighted by Crippen LogP contribution is 2.26. The molecule has 0 bridgehead atoms. The lowest BCUT2D eigenvalue weighted by atomic mass is 10.0. The second-order valence-corrected chi connectivity index (χ2v) is 7.26. The molecule has 0 aliphatic carbocycles. The topological polar surface area (TPSA) is 96.3 Å².